The summed E-state index contributed by atoms with van der Waals surface area (Å²) >= 11 is 1.85. The Bertz CT molecular complexity index is 349. The van der Waals surface area contributed by atoms with Gasteiger partial charge in [0.25, 0.3) is 0 Å². The molecule has 0 aromatic carbocycles. The van der Waals surface area contributed by atoms with E-state index < -0.39 is 10.0 Å². The third kappa shape index (κ3) is 3.84. The Labute approximate surface area is 114 Å². The molecule has 5 nitrogen and oxygen atoms in total. The highest BCUT2D eigenvalue weighted by molar-refractivity contribution is 7.99. The lowest BCUT2D eigenvalue weighted by atomic mass is 10.3. The van der Waals surface area contributed by atoms with Crippen LogP contribution in [0.2, 0.25) is 0 Å². The molecule has 1 unspecified atom stereocenters. The van der Waals surface area contributed by atoms with Crippen molar-refractivity contribution in [1.29, 1.82) is 0 Å². The van der Waals surface area contributed by atoms with Crippen molar-refractivity contribution in [2.45, 2.75) is 12.5 Å². The molecule has 7 heteroatoms. The van der Waals surface area contributed by atoms with Gasteiger partial charge in [-0.15, -0.1) is 0 Å². The third-order valence-corrected chi connectivity index (χ3v) is 6.75. The standard InChI is InChI=1S/C11H23N3O2S2/c1-13(11-2-8-17-10-11)18(15,16)9-7-14-5-3-12-4-6-14/h11-12H,2-10H2,1H3. The highest BCUT2D eigenvalue weighted by Gasteiger charge is 2.29. The van der Waals surface area contributed by atoms with E-state index in [1.165, 1.54) is 0 Å². The lowest BCUT2D eigenvalue weighted by Crippen LogP contribution is -2.47. The van der Waals surface area contributed by atoms with E-state index in [0.29, 0.717) is 6.54 Å². The van der Waals surface area contributed by atoms with Gasteiger partial charge in [0.05, 0.1) is 5.75 Å². The van der Waals surface area contributed by atoms with E-state index in [1.807, 2.05) is 11.8 Å². The summed E-state index contributed by atoms with van der Waals surface area (Å²) in [4.78, 5) is 2.23. The predicted octanol–water partition coefficient (Wildman–Crippen LogP) is -0.341. The predicted molar refractivity (Wildman–Crippen MR) is 76.6 cm³/mol. The summed E-state index contributed by atoms with van der Waals surface area (Å²) in [5.41, 5.74) is 0. The maximum Gasteiger partial charge on any atom is 0.215 e. The maximum absolute atomic E-state index is 12.2. The van der Waals surface area contributed by atoms with Crippen molar-refractivity contribution in [3.05, 3.63) is 0 Å². The molecule has 1 N–H and O–H groups in total. The van der Waals surface area contributed by atoms with Crippen LogP contribution in [0.15, 0.2) is 0 Å². The summed E-state index contributed by atoms with van der Waals surface area (Å²) in [6, 6.07) is 0.211. The van der Waals surface area contributed by atoms with Gasteiger partial charge in [-0.3, -0.25) is 4.90 Å². The summed E-state index contributed by atoms with van der Waals surface area (Å²) in [6.07, 6.45) is 0.994. The lowest BCUT2D eigenvalue weighted by Gasteiger charge is -2.29. The average molecular weight is 293 g/mol. The lowest BCUT2D eigenvalue weighted by molar-refractivity contribution is 0.252. The van der Waals surface area contributed by atoms with Crippen molar-refractivity contribution in [1.82, 2.24) is 14.5 Å². The fourth-order valence-electron chi connectivity index (χ4n) is 2.36. The molecule has 2 fully saturated rings. The Morgan fingerprint density at radius 1 is 1.39 bits per heavy atom. The molecule has 0 aromatic heterocycles. The van der Waals surface area contributed by atoms with Gasteiger partial charge in [-0.05, 0) is 12.2 Å². The fraction of sp³-hybridized carbons (Fsp3) is 1.00. The Morgan fingerprint density at radius 2 is 2.11 bits per heavy atom. The normalized spacial score (nSPS) is 26.9. The molecule has 0 aliphatic carbocycles. The first-order valence-corrected chi connectivity index (χ1v) is 9.32. The molecule has 0 saturated carbocycles. The first-order chi connectivity index (χ1) is 8.59. The molecule has 1 atom stereocenters. The number of piperazine rings is 1. The first-order valence-electron chi connectivity index (χ1n) is 6.56. The summed E-state index contributed by atoms with van der Waals surface area (Å²) in [5, 5.41) is 3.28. The van der Waals surface area contributed by atoms with Crippen LogP contribution >= 0.6 is 11.8 Å². The Balaban J connectivity index is 1.82. The molecule has 18 heavy (non-hydrogen) atoms. The molecule has 2 aliphatic heterocycles. The second-order valence-corrected chi connectivity index (χ2v) is 8.24. The topological polar surface area (TPSA) is 52.7 Å². The summed E-state index contributed by atoms with van der Waals surface area (Å²) in [7, 11) is -1.35. The molecule has 106 valence electrons. The molecule has 2 saturated heterocycles. The van der Waals surface area contributed by atoms with Crippen molar-refractivity contribution in [2.24, 2.45) is 0 Å². The molecule has 2 rings (SSSR count). The monoisotopic (exact) mass is 293 g/mol. The number of nitrogens with one attached hydrogen (secondary N) is 1. The van der Waals surface area contributed by atoms with E-state index in [9.17, 15) is 8.42 Å². The molecule has 0 amide bonds. The Morgan fingerprint density at radius 3 is 2.72 bits per heavy atom. The van der Waals surface area contributed by atoms with E-state index >= 15 is 0 Å². The number of hydrogen-bond acceptors (Lipinski definition) is 5. The van der Waals surface area contributed by atoms with E-state index in [0.717, 1.165) is 44.1 Å². The zero-order chi connectivity index (χ0) is 13.0. The van der Waals surface area contributed by atoms with Gasteiger partial charge in [-0.1, -0.05) is 0 Å². The number of nitrogens with zero attached hydrogens (tertiary/aromatic N) is 2. The molecular formula is C11H23N3O2S2. The molecule has 2 heterocycles. The summed E-state index contributed by atoms with van der Waals surface area (Å²) in [5.74, 6) is 2.29. The van der Waals surface area contributed by atoms with Crippen molar-refractivity contribution in [2.75, 3.05) is 57.0 Å². The van der Waals surface area contributed by atoms with Gasteiger partial charge in [0.2, 0.25) is 10.0 Å². The van der Waals surface area contributed by atoms with Crippen LogP contribution < -0.4 is 5.32 Å². The van der Waals surface area contributed by atoms with Crippen molar-refractivity contribution in [3.63, 3.8) is 0 Å². The second-order valence-electron chi connectivity index (χ2n) is 4.94. The van der Waals surface area contributed by atoms with Crippen LogP contribution in [0.3, 0.4) is 0 Å². The molecule has 0 spiro atoms. The highest BCUT2D eigenvalue weighted by atomic mass is 32.2. The third-order valence-electron chi connectivity index (χ3n) is 3.73. The second kappa shape index (κ2) is 6.56. The van der Waals surface area contributed by atoms with Crippen molar-refractivity contribution < 1.29 is 8.42 Å². The summed E-state index contributed by atoms with van der Waals surface area (Å²) in [6.45, 7) is 4.51. The van der Waals surface area contributed by atoms with Crippen LogP contribution in [-0.4, -0.2) is 80.7 Å². The minimum absolute atomic E-state index is 0.211. The SMILES string of the molecule is CN(C1CCSC1)S(=O)(=O)CCN1CCNCC1. The van der Waals surface area contributed by atoms with Gasteiger partial charge in [-0.25, -0.2) is 12.7 Å². The smallest absolute Gasteiger partial charge is 0.215 e. The van der Waals surface area contributed by atoms with E-state index in [-0.39, 0.29) is 11.8 Å². The van der Waals surface area contributed by atoms with Crippen molar-refractivity contribution in [3.8, 4) is 0 Å². The van der Waals surface area contributed by atoms with Gasteiger partial charge < -0.3 is 5.32 Å². The minimum atomic E-state index is -3.09. The molecule has 0 radical (unpaired) electrons. The first kappa shape index (κ1) is 14.6. The molecule has 0 bridgehead atoms. The average Bonchev–Trinajstić information content (AvgIpc) is 2.90. The van der Waals surface area contributed by atoms with Crippen LogP contribution in [0.5, 0.6) is 0 Å². The number of hydrogen-bond donors (Lipinski definition) is 1. The fourth-order valence-corrected chi connectivity index (χ4v) is 5.13. The number of sulfonamides is 1. The van der Waals surface area contributed by atoms with Crippen LogP contribution in [0.1, 0.15) is 6.42 Å². The van der Waals surface area contributed by atoms with E-state index in [2.05, 4.69) is 10.2 Å². The Kier molecular flexibility index (Phi) is 5.32. The van der Waals surface area contributed by atoms with Crippen LogP contribution in [-0.2, 0) is 10.0 Å². The van der Waals surface area contributed by atoms with E-state index in [4.69, 9.17) is 0 Å². The quantitative estimate of drug-likeness (QED) is 0.751. The van der Waals surface area contributed by atoms with Gasteiger partial charge in [0, 0.05) is 51.6 Å². The zero-order valence-electron chi connectivity index (χ0n) is 11.0. The largest absolute Gasteiger partial charge is 0.314 e. The molecule has 0 aromatic rings. The number of thioether (sulfide) groups is 1. The summed E-state index contributed by atoms with van der Waals surface area (Å²) < 4.78 is 26.1. The number of rotatable bonds is 5. The Hall–Kier alpha value is 0.180. The van der Waals surface area contributed by atoms with Crippen LogP contribution in [0.4, 0.5) is 0 Å². The minimum Gasteiger partial charge on any atom is -0.314 e. The molecule has 2 aliphatic rings. The maximum atomic E-state index is 12.2. The van der Waals surface area contributed by atoms with Gasteiger partial charge >= 0.3 is 0 Å². The molecular weight excluding hydrogens is 270 g/mol. The van der Waals surface area contributed by atoms with Gasteiger partial charge in [0.15, 0.2) is 0 Å². The van der Waals surface area contributed by atoms with Crippen molar-refractivity contribution >= 4 is 21.8 Å². The van der Waals surface area contributed by atoms with Crippen LogP contribution in [0, 0.1) is 0 Å². The zero-order valence-corrected chi connectivity index (χ0v) is 12.6. The highest BCUT2D eigenvalue weighted by Crippen LogP contribution is 2.23. The van der Waals surface area contributed by atoms with Crippen LogP contribution in [0.25, 0.3) is 0 Å². The van der Waals surface area contributed by atoms with E-state index in [1.54, 1.807) is 11.4 Å². The van der Waals surface area contributed by atoms with Gasteiger partial charge in [0.1, 0.15) is 0 Å². The van der Waals surface area contributed by atoms with Gasteiger partial charge in [-0.2, -0.15) is 11.8 Å².